The smallest absolute Gasteiger partial charge is 0.423 e. The first-order chi connectivity index (χ1) is 9.88. The third-order valence-corrected chi connectivity index (χ3v) is 3.38. The predicted molar refractivity (Wildman–Crippen MR) is 80.4 cm³/mol. The van der Waals surface area contributed by atoms with E-state index in [0.717, 1.165) is 17.7 Å². The largest absolute Gasteiger partial charge is 0.491 e. The lowest BCUT2D eigenvalue weighted by atomic mass is 9.79. The van der Waals surface area contributed by atoms with Crippen molar-refractivity contribution >= 4 is 35.8 Å². The number of aryl methyl sites for hydroxylation is 1. The van der Waals surface area contributed by atoms with Gasteiger partial charge in [-0.1, -0.05) is 23.7 Å². The molecule has 0 fully saturated rings. The number of hydrogen-bond donors (Lipinski definition) is 3. The van der Waals surface area contributed by atoms with Crippen molar-refractivity contribution in [1.29, 1.82) is 0 Å². The Morgan fingerprint density at radius 3 is 2.52 bits per heavy atom. The average Bonchev–Trinajstić information content (AvgIpc) is 2.42. The van der Waals surface area contributed by atoms with Gasteiger partial charge in [-0.25, -0.2) is 4.39 Å². The lowest BCUT2D eigenvalue weighted by molar-refractivity contribution is 0.102. The molecule has 0 aliphatic rings. The summed E-state index contributed by atoms with van der Waals surface area (Å²) in [7, 11) is -1.92. The van der Waals surface area contributed by atoms with Gasteiger partial charge in [-0.15, -0.1) is 0 Å². The number of anilines is 1. The third-order valence-electron chi connectivity index (χ3n) is 2.97. The molecule has 2 aromatic carbocycles. The molecule has 108 valence electrons. The van der Waals surface area contributed by atoms with Gasteiger partial charge in [-0.3, -0.25) is 4.79 Å². The normalized spacial score (nSPS) is 10.3. The van der Waals surface area contributed by atoms with Gasteiger partial charge in [0, 0.05) is 21.7 Å². The highest BCUT2D eigenvalue weighted by Gasteiger charge is 2.18. The zero-order valence-corrected chi connectivity index (χ0v) is 11.9. The van der Waals surface area contributed by atoms with Gasteiger partial charge in [0.2, 0.25) is 0 Å². The molecule has 0 atom stereocenters. The summed E-state index contributed by atoms with van der Waals surface area (Å²) in [6, 6.07) is 8.43. The molecule has 0 unspecified atom stereocenters. The van der Waals surface area contributed by atoms with E-state index in [-0.39, 0.29) is 11.0 Å². The van der Waals surface area contributed by atoms with E-state index in [2.05, 4.69) is 5.32 Å². The molecule has 0 aliphatic carbocycles. The van der Waals surface area contributed by atoms with Crippen molar-refractivity contribution in [3.05, 3.63) is 58.4 Å². The summed E-state index contributed by atoms with van der Waals surface area (Å²) in [4.78, 5) is 12.0. The lowest BCUT2D eigenvalue weighted by Gasteiger charge is -2.08. The maximum Gasteiger partial charge on any atom is 0.491 e. The Hall–Kier alpha value is -1.89. The first-order valence-corrected chi connectivity index (χ1v) is 6.49. The number of carbonyl (C=O) groups excluding carboxylic acids is 1. The minimum atomic E-state index is -1.92. The van der Waals surface area contributed by atoms with Crippen LogP contribution in [0.5, 0.6) is 0 Å². The van der Waals surface area contributed by atoms with E-state index in [1.807, 2.05) is 6.92 Å². The molecule has 2 aromatic rings. The van der Waals surface area contributed by atoms with Crippen LogP contribution in [0.3, 0.4) is 0 Å². The van der Waals surface area contributed by atoms with Gasteiger partial charge in [-0.05, 0) is 36.8 Å². The molecular formula is C14H12BClFNO3. The van der Waals surface area contributed by atoms with E-state index in [1.165, 1.54) is 6.07 Å². The minimum Gasteiger partial charge on any atom is -0.423 e. The van der Waals surface area contributed by atoms with Gasteiger partial charge in [0.05, 0.1) is 0 Å². The number of hydrogen-bond acceptors (Lipinski definition) is 3. The highest BCUT2D eigenvalue weighted by atomic mass is 35.5. The first-order valence-electron chi connectivity index (χ1n) is 6.11. The molecule has 0 saturated heterocycles. The SMILES string of the molecule is Cc1ccc(NC(=O)c2ccc(B(O)O)c(F)c2)cc1Cl. The Labute approximate surface area is 126 Å². The van der Waals surface area contributed by atoms with Gasteiger partial charge in [0.25, 0.3) is 5.91 Å². The molecule has 0 aromatic heterocycles. The van der Waals surface area contributed by atoms with Crippen LogP contribution in [0.4, 0.5) is 10.1 Å². The molecule has 0 spiro atoms. The van der Waals surface area contributed by atoms with Gasteiger partial charge >= 0.3 is 7.12 Å². The summed E-state index contributed by atoms with van der Waals surface area (Å²) in [5, 5.41) is 21.0. The minimum absolute atomic E-state index is 0.0635. The monoisotopic (exact) mass is 307 g/mol. The van der Waals surface area contributed by atoms with E-state index < -0.39 is 18.8 Å². The fraction of sp³-hybridized carbons (Fsp3) is 0.0714. The maximum absolute atomic E-state index is 13.6. The second kappa shape index (κ2) is 6.26. The molecule has 0 radical (unpaired) electrons. The molecule has 7 heteroatoms. The number of carbonyl (C=O) groups is 1. The summed E-state index contributed by atoms with van der Waals surface area (Å²) in [5.74, 6) is -1.38. The molecular weight excluding hydrogens is 295 g/mol. The highest BCUT2D eigenvalue weighted by Crippen LogP contribution is 2.20. The fourth-order valence-corrected chi connectivity index (χ4v) is 1.93. The molecule has 2 rings (SSSR count). The molecule has 0 heterocycles. The second-order valence-electron chi connectivity index (χ2n) is 4.53. The van der Waals surface area contributed by atoms with Crippen LogP contribution in [0.15, 0.2) is 36.4 Å². The number of benzene rings is 2. The summed E-state index contributed by atoms with van der Waals surface area (Å²) in [6.07, 6.45) is 0. The summed E-state index contributed by atoms with van der Waals surface area (Å²) in [6.45, 7) is 1.84. The zero-order valence-electron chi connectivity index (χ0n) is 11.1. The van der Waals surface area contributed by atoms with Crippen molar-refractivity contribution in [3.63, 3.8) is 0 Å². The molecule has 0 saturated carbocycles. The summed E-state index contributed by atoms with van der Waals surface area (Å²) >= 11 is 5.96. The Kier molecular flexibility index (Phi) is 4.62. The van der Waals surface area contributed by atoms with E-state index in [1.54, 1.807) is 18.2 Å². The molecule has 21 heavy (non-hydrogen) atoms. The topological polar surface area (TPSA) is 69.6 Å². The van der Waals surface area contributed by atoms with E-state index in [9.17, 15) is 9.18 Å². The van der Waals surface area contributed by atoms with Gasteiger partial charge in [0.1, 0.15) is 5.82 Å². The third kappa shape index (κ3) is 3.61. The van der Waals surface area contributed by atoms with Crippen molar-refractivity contribution in [1.82, 2.24) is 0 Å². The molecule has 1 amide bonds. The maximum atomic E-state index is 13.6. The average molecular weight is 308 g/mol. The van der Waals surface area contributed by atoms with Crippen LogP contribution in [-0.2, 0) is 0 Å². The zero-order chi connectivity index (χ0) is 15.6. The van der Waals surface area contributed by atoms with Crippen LogP contribution in [0.2, 0.25) is 5.02 Å². The van der Waals surface area contributed by atoms with Gasteiger partial charge in [0.15, 0.2) is 0 Å². The molecule has 0 bridgehead atoms. The summed E-state index contributed by atoms with van der Waals surface area (Å²) in [5.41, 5.74) is 1.14. The van der Waals surface area contributed by atoms with E-state index >= 15 is 0 Å². The van der Waals surface area contributed by atoms with Crippen molar-refractivity contribution in [2.45, 2.75) is 6.92 Å². The quantitative estimate of drug-likeness (QED) is 0.756. The predicted octanol–water partition coefficient (Wildman–Crippen LogP) is 1.72. The number of nitrogens with one attached hydrogen (secondary N) is 1. The van der Waals surface area contributed by atoms with E-state index in [4.69, 9.17) is 21.6 Å². The Morgan fingerprint density at radius 2 is 1.95 bits per heavy atom. The van der Waals surface area contributed by atoms with Crippen molar-refractivity contribution in [2.75, 3.05) is 5.32 Å². The highest BCUT2D eigenvalue weighted by molar-refractivity contribution is 6.58. The lowest BCUT2D eigenvalue weighted by Crippen LogP contribution is -2.33. The van der Waals surface area contributed by atoms with Gasteiger partial charge in [-0.2, -0.15) is 0 Å². The van der Waals surface area contributed by atoms with Crippen LogP contribution in [0.1, 0.15) is 15.9 Å². The molecule has 3 N–H and O–H groups in total. The Bertz CT molecular complexity index is 694. The van der Waals surface area contributed by atoms with Gasteiger partial charge < -0.3 is 15.4 Å². The standard InChI is InChI=1S/C14H12BClFNO3/c1-8-2-4-10(7-12(8)16)18-14(19)9-3-5-11(15(20)21)13(17)6-9/h2-7,20-21H,1H3,(H,18,19). The first kappa shape index (κ1) is 15.5. The summed E-state index contributed by atoms with van der Waals surface area (Å²) < 4.78 is 13.6. The Balaban J connectivity index is 2.20. The van der Waals surface area contributed by atoms with Crippen LogP contribution in [0, 0.1) is 12.7 Å². The number of rotatable bonds is 3. The van der Waals surface area contributed by atoms with Crippen LogP contribution < -0.4 is 10.8 Å². The molecule has 0 aliphatic heterocycles. The molecule has 4 nitrogen and oxygen atoms in total. The van der Waals surface area contributed by atoms with Crippen LogP contribution in [0.25, 0.3) is 0 Å². The second-order valence-corrected chi connectivity index (χ2v) is 4.94. The fourth-order valence-electron chi connectivity index (χ4n) is 1.75. The van der Waals surface area contributed by atoms with Crippen LogP contribution >= 0.6 is 11.6 Å². The van der Waals surface area contributed by atoms with Crippen molar-refractivity contribution < 1.29 is 19.2 Å². The number of amides is 1. The number of halogens is 2. The van der Waals surface area contributed by atoms with Crippen molar-refractivity contribution in [2.24, 2.45) is 0 Å². The van der Waals surface area contributed by atoms with Crippen molar-refractivity contribution in [3.8, 4) is 0 Å². The van der Waals surface area contributed by atoms with Crippen LogP contribution in [-0.4, -0.2) is 23.1 Å². The Morgan fingerprint density at radius 1 is 1.24 bits per heavy atom. The van der Waals surface area contributed by atoms with E-state index in [0.29, 0.717) is 10.7 Å².